The lowest BCUT2D eigenvalue weighted by molar-refractivity contribution is -0.129. The van der Waals surface area contributed by atoms with Crippen LogP contribution in [-0.4, -0.2) is 36.8 Å². The summed E-state index contributed by atoms with van der Waals surface area (Å²) < 4.78 is 4.75. The summed E-state index contributed by atoms with van der Waals surface area (Å²) in [5.74, 6) is -0.582. The number of carbonyl (C=O) groups is 3. The number of nitrogens with two attached hydrogens (primary N) is 1. The number of carbonyl (C=O) groups excluding carboxylic acids is 3. The number of ketones is 1. The number of ether oxygens (including phenoxy) is 1. The highest BCUT2D eigenvalue weighted by atomic mass is 16.5. The Bertz CT molecular complexity index is 885. The van der Waals surface area contributed by atoms with Gasteiger partial charge in [0.1, 0.15) is 6.61 Å². The Morgan fingerprint density at radius 1 is 1.00 bits per heavy atom. The van der Waals surface area contributed by atoms with Crippen LogP contribution in [0.2, 0.25) is 0 Å². The molecule has 0 unspecified atom stereocenters. The molecule has 1 amide bonds. The van der Waals surface area contributed by atoms with Gasteiger partial charge in [0.2, 0.25) is 5.91 Å². The Morgan fingerprint density at radius 3 is 2.32 bits per heavy atom. The third-order valence-electron chi connectivity index (χ3n) is 5.57. The molecule has 0 radical (unpaired) electrons. The van der Waals surface area contributed by atoms with E-state index in [0.29, 0.717) is 31.5 Å². The molecular formula is C27H37N3O4. The number of amides is 1. The average Bonchev–Trinajstić information content (AvgIpc) is 2.83. The summed E-state index contributed by atoms with van der Waals surface area (Å²) in [6, 6.07) is 16.8. The summed E-state index contributed by atoms with van der Waals surface area (Å²) in [5.41, 5.74) is 8.18. The summed E-state index contributed by atoms with van der Waals surface area (Å²) in [6.07, 6.45) is 2.93. The SMILES string of the molecule is CC(C)N[C@@H](Cc1ccccc1)C(=O)C[C@@H](CCCCN)C(=O)Nc1ccc(COC=O)cc1. The maximum Gasteiger partial charge on any atom is 0.293 e. The minimum absolute atomic E-state index is 0.0341. The molecule has 0 saturated heterocycles. The lowest BCUT2D eigenvalue weighted by Gasteiger charge is -2.23. The molecule has 2 aromatic rings. The highest BCUT2D eigenvalue weighted by molar-refractivity contribution is 5.96. The van der Waals surface area contributed by atoms with Crippen molar-refractivity contribution >= 4 is 23.9 Å². The molecule has 184 valence electrons. The van der Waals surface area contributed by atoms with Crippen molar-refractivity contribution in [2.24, 2.45) is 11.7 Å². The molecule has 0 saturated carbocycles. The Kier molecular flexibility index (Phi) is 12.0. The lowest BCUT2D eigenvalue weighted by atomic mass is 9.90. The molecule has 0 bridgehead atoms. The monoisotopic (exact) mass is 467 g/mol. The number of unbranched alkanes of at least 4 members (excludes halogenated alkanes) is 1. The van der Waals surface area contributed by atoms with Crippen LogP contribution in [-0.2, 0) is 32.1 Å². The van der Waals surface area contributed by atoms with Crippen molar-refractivity contribution in [1.82, 2.24) is 5.32 Å². The zero-order valence-corrected chi connectivity index (χ0v) is 20.2. The molecule has 4 N–H and O–H groups in total. The number of hydrogen-bond donors (Lipinski definition) is 3. The Hall–Kier alpha value is -3.03. The Balaban J connectivity index is 2.08. The van der Waals surface area contributed by atoms with Crippen molar-refractivity contribution < 1.29 is 19.1 Å². The van der Waals surface area contributed by atoms with Gasteiger partial charge in [-0.1, -0.05) is 62.7 Å². The molecule has 0 aromatic heterocycles. The first-order chi connectivity index (χ1) is 16.4. The van der Waals surface area contributed by atoms with E-state index in [1.807, 2.05) is 44.2 Å². The minimum Gasteiger partial charge on any atom is -0.463 e. The summed E-state index contributed by atoms with van der Waals surface area (Å²) in [4.78, 5) is 36.8. The van der Waals surface area contributed by atoms with Crippen molar-refractivity contribution in [2.75, 3.05) is 11.9 Å². The molecule has 0 spiro atoms. The van der Waals surface area contributed by atoms with E-state index in [2.05, 4.69) is 10.6 Å². The fourth-order valence-electron chi connectivity index (χ4n) is 3.82. The highest BCUT2D eigenvalue weighted by Gasteiger charge is 2.27. The average molecular weight is 468 g/mol. The first-order valence-corrected chi connectivity index (χ1v) is 11.9. The third-order valence-corrected chi connectivity index (χ3v) is 5.57. The first kappa shape index (κ1) is 27.2. The predicted molar refractivity (Wildman–Crippen MR) is 134 cm³/mol. The maximum absolute atomic E-state index is 13.3. The normalized spacial score (nSPS) is 12.7. The molecule has 0 fully saturated rings. The largest absolute Gasteiger partial charge is 0.463 e. The number of benzene rings is 2. The molecule has 7 heteroatoms. The van der Waals surface area contributed by atoms with E-state index in [9.17, 15) is 14.4 Å². The molecule has 0 aliphatic carbocycles. The second kappa shape index (κ2) is 15.0. The third kappa shape index (κ3) is 9.85. The van der Waals surface area contributed by atoms with E-state index in [1.165, 1.54) is 0 Å². The Morgan fingerprint density at radius 2 is 1.71 bits per heavy atom. The second-order valence-electron chi connectivity index (χ2n) is 8.81. The molecule has 0 aliphatic heterocycles. The summed E-state index contributed by atoms with van der Waals surface area (Å²) in [5, 5.41) is 6.31. The lowest BCUT2D eigenvalue weighted by Crippen LogP contribution is -2.43. The van der Waals surface area contributed by atoms with E-state index >= 15 is 0 Å². The number of hydrogen-bond acceptors (Lipinski definition) is 6. The van der Waals surface area contributed by atoms with Gasteiger partial charge in [-0.3, -0.25) is 14.4 Å². The molecule has 0 aliphatic rings. The highest BCUT2D eigenvalue weighted by Crippen LogP contribution is 2.20. The Labute approximate surface area is 202 Å². The van der Waals surface area contributed by atoms with Crippen LogP contribution >= 0.6 is 0 Å². The van der Waals surface area contributed by atoms with Gasteiger partial charge in [-0.15, -0.1) is 0 Å². The predicted octanol–water partition coefficient (Wildman–Crippen LogP) is 3.61. The van der Waals surface area contributed by atoms with Gasteiger partial charge in [0.05, 0.1) is 6.04 Å². The van der Waals surface area contributed by atoms with Crippen LogP contribution < -0.4 is 16.4 Å². The van der Waals surface area contributed by atoms with Crippen LogP contribution in [0.5, 0.6) is 0 Å². The van der Waals surface area contributed by atoms with E-state index in [-0.39, 0.29) is 36.8 Å². The van der Waals surface area contributed by atoms with Gasteiger partial charge in [-0.05, 0) is 49.1 Å². The molecule has 7 nitrogen and oxygen atoms in total. The van der Waals surface area contributed by atoms with Crippen LogP contribution in [0, 0.1) is 5.92 Å². The maximum atomic E-state index is 13.3. The number of Topliss-reactive ketones (excluding diaryl/α,β-unsaturated/α-hetero) is 1. The van der Waals surface area contributed by atoms with Crippen molar-refractivity contribution in [3.05, 3.63) is 65.7 Å². The van der Waals surface area contributed by atoms with Crippen LogP contribution in [0.3, 0.4) is 0 Å². The fraction of sp³-hybridized carbons (Fsp3) is 0.444. The molecule has 2 rings (SSSR count). The topological polar surface area (TPSA) is 111 Å². The van der Waals surface area contributed by atoms with Crippen LogP contribution in [0.25, 0.3) is 0 Å². The van der Waals surface area contributed by atoms with E-state index < -0.39 is 5.92 Å². The zero-order chi connectivity index (χ0) is 24.8. The van der Waals surface area contributed by atoms with Gasteiger partial charge in [-0.2, -0.15) is 0 Å². The summed E-state index contributed by atoms with van der Waals surface area (Å²) in [6.45, 7) is 5.16. The zero-order valence-electron chi connectivity index (χ0n) is 20.2. The van der Waals surface area contributed by atoms with Gasteiger partial charge >= 0.3 is 0 Å². The second-order valence-corrected chi connectivity index (χ2v) is 8.81. The number of nitrogens with one attached hydrogen (secondary N) is 2. The van der Waals surface area contributed by atoms with Crippen molar-refractivity contribution in [1.29, 1.82) is 0 Å². The van der Waals surface area contributed by atoms with Crippen LogP contribution in [0.15, 0.2) is 54.6 Å². The van der Waals surface area contributed by atoms with Gasteiger partial charge in [0.25, 0.3) is 6.47 Å². The molecule has 2 aromatic carbocycles. The van der Waals surface area contributed by atoms with Crippen LogP contribution in [0.1, 0.15) is 50.7 Å². The van der Waals surface area contributed by atoms with E-state index in [1.54, 1.807) is 24.3 Å². The minimum atomic E-state index is -0.440. The molecule has 0 heterocycles. The molecular weight excluding hydrogens is 430 g/mol. The number of anilines is 1. The molecule has 34 heavy (non-hydrogen) atoms. The van der Waals surface area contributed by atoms with E-state index in [4.69, 9.17) is 10.5 Å². The smallest absolute Gasteiger partial charge is 0.293 e. The standard InChI is InChI=1S/C27H37N3O4/c1-20(2)29-25(16-21-8-4-3-5-9-21)26(32)17-23(10-6-7-15-28)27(33)30-24-13-11-22(12-14-24)18-34-19-31/h3-5,8-9,11-14,19-20,23,25,29H,6-7,10,15-18,28H2,1-2H3,(H,30,33)/t23-,25+/m1/s1. The van der Waals surface area contributed by atoms with Crippen molar-refractivity contribution in [3.8, 4) is 0 Å². The van der Waals surface area contributed by atoms with Gasteiger partial charge < -0.3 is 21.1 Å². The van der Waals surface area contributed by atoms with Gasteiger partial charge in [-0.25, -0.2) is 0 Å². The number of rotatable bonds is 16. The first-order valence-electron chi connectivity index (χ1n) is 11.9. The summed E-state index contributed by atoms with van der Waals surface area (Å²) in [7, 11) is 0. The van der Waals surface area contributed by atoms with Gasteiger partial charge in [0.15, 0.2) is 5.78 Å². The molecule has 2 atom stereocenters. The van der Waals surface area contributed by atoms with E-state index in [0.717, 1.165) is 24.0 Å². The quantitative estimate of drug-likeness (QED) is 0.257. The summed E-state index contributed by atoms with van der Waals surface area (Å²) >= 11 is 0. The van der Waals surface area contributed by atoms with Crippen molar-refractivity contribution in [2.45, 2.75) is 64.6 Å². The van der Waals surface area contributed by atoms with Gasteiger partial charge in [0, 0.05) is 24.1 Å². The fourth-order valence-corrected chi connectivity index (χ4v) is 3.82. The van der Waals surface area contributed by atoms with Crippen LogP contribution in [0.4, 0.5) is 5.69 Å². The van der Waals surface area contributed by atoms with Crippen molar-refractivity contribution in [3.63, 3.8) is 0 Å².